The molecule has 1 aromatic heterocycles. The molecule has 43 heavy (non-hydrogen) atoms. The van der Waals surface area contributed by atoms with E-state index in [4.69, 9.17) is 0 Å². The van der Waals surface area contributed by atoms with E-state index in [9.17, 15) is 0 Å². The maximum atomic E-state index is 2.48. The Kier molecular flexibility index (Phi) is 5.27. The molecule has 1 heteroatoms. The lowest BCUT2D eigenvalue weighted by Crippen LogP contribution is -1.99. The highest BCUT2D eigenvalue weighted by atomic mass is 15.0. The fraction of sp³-hybridized carbons (Fsp3) is 0. The molecule has 1 heterocycles. The largest absolute Gasteiger partial charge is 0.308 e. The lowest BCUT2D eigenvalue weighted by molar-refractivity contribution is 1.21. The number of hydrogen-bond acceptors (Lipinski definition) is 0. The molecule has 8 aromatic carbocycles. The van der Waals surface area contributed by atoms with Crippen LogP contribution in [0.25, 0.3) is 82.1 Å². The molecular weight excluding hydrogens is 518 g/mol. The van der Waals surface area contributed by atoms with Crippen LogP contribution >= 0.6 is 0 Å². The topological polar surface area (TPSA) is 4.93 Å². The van der Waals surface area contributed by atoms with Crippen LogP contribution in [0.5, 0.6) is 0 Å². The minimum Gasteiger partial charge on any atom is -0.308 e. The first-order chi connectivity index (χ1) is 21.4. The summed E-state index contributed by atoms with van der Waals surface area (Å²) in [7, 11) is 0. The Balaban J connectivity index is 1.44. The molecule has 0 bridgehead atoms. The lowest BCUT2D eigenvalue weighted by Gasteiger charge is -2.21. The molecule has 200 valence electrons. The number of aromatic nitrogens is 1. The summed E-state index contributed by atoms with van der Waals surface area (Å²) >= 11 is 0. The molecule has 1 nitrogen and oxygen atoms in total. The quantitative estimate of drug-likeness (QED) is 0.195. The van der Waals surface area contributed by atoms with Gasteiger partial charge in [-0.15, -0.1) is 0 Å². The van der Waals surface area contributed by atoms with Crippen LogP contribution in [0.3, 0.4) is 0 Å². The first-order valence-electron chi connectivity index (χ1n) is 14.9. The van der Waals surface area contributed by atoms with Crippen molar-refractivity contribution in [3.8, 4) is 27.9 Å². The average Bonchev–Trinajstić information content (AvgIpc) is 3.41. The lowest BCUT2D eigenvalue weighted by atomic mass is 9.86. The van der Waals surface area contributed by atoms with E-state index in [-0.39, 0.29) is 0 Å². The van der Waals surface area contributed by atoms with Gasteiger partial charge in [-0.1, -0.05) is 152 Å². The number of hydrogen-bond donors (Lipinski definition) is 0. The van der Waals surface area contributed by atoms with Crippen molar-refractivity contribution in [1.82, 2.24) is 4.57 Å². The summed E-state index contributed by atoms with van der Waals surface area (Å²) in [5, 5.41) is 10.1. The van der Waals surface area contributed by atoms with Crippen LogP contribution in [0.2, 0.25) is 0 Å². The highest BCUT2D eigenvalue weighted by Gasteiger charge is 2.21. The standard InChI is InChI=1S/C42H27N/c1-2-14-28(15-3-1)29-26-27-36(31-17-5-4-16-30(29)31)41-34-20-6-8-22-37(34)42(38-23-9-7-21-35(38)41)43-39-24-12-10-18-32(39)33-19-11-13-25-40(33)43/h1-27H. The summed E-state index contributed by atoms with van der Waals surface area (Å²) in [6, 6.07) is 59.7. The fourth-order valence-corrected chi connectivity index (χ4v) is 7.19. The van der Waals surface area contributed by atoms with Gasteiger partial charge in [0.15, 0.2) is 0 Å². The molecule has 0 N–H and O–H groups in total. The second-order valence-corrected chi connectivity index (χ2v) is 11.3. The van der Waals surface area contributed by atoms with Gasteiger partial charge < -0.3 is 4.57 Å². The smallest absolute Gasteiger partial charge is 0.0619 e. The third kappa shape index (κ3) is 3.52. The summed E-state index contributed by atoms with van der Waals surface area (Å²) in [6.45, 7) is 0. The van der Waals surface area contributed by atoms with Crippen LogP contribution < -0.4 is 0 Å². The van der Waals surface area contributed by atoms with Gasteiger partial charge in [0.2, 0.25) is 0 Å². The van der Waals surface area contributed by atoms with Crippen LogP contribution in [0.4, 0.5) is 0 Å². The summed E-state index contributed by atoms with van der Waals surface area (Å²) in [5.41, 5.74) is 8.73. The van der Waals surface area contributed by atoms with E-state index in [1.54, 1.807) is 0 Å². The minimum atomic E-state index is 1.23. The highest BCUT2D eigenvalue weighted by Crippen LogP contribution is 2.46. The fourth-order valence-electron chi connectivity index (χ4n) is 7.19. The van der Waals surface area contributed by atoms with Crippen molar-refractivity contribution in [1.29, 1.82) is 0 Å². The van der Waals surface area contributed by atoms with Gasteiger partial charge in [0.05, 0.1) is 16.7 Å². The zero-order valence-corrected chi connectivity index (χ0v) is 23.5. The predicted octanol–water partition coefficient (Wildman–Crippen LogP) is 11.6. The van der Waals surface area contributed by atoms with Gasteiger partial charge in [0.1, 0.15) is 0 Å². The minimum absolute atomic E-state index is 1.23. The molecular formula is C42H27N. The number of fused-ring (bicyclic) bond motifs is 6. The molecule has 0 saturated carbocycles. The van der Waals surface area contributed by atoms with Gasteiger partial charge in [-0.3, -0.25) is 0 Å². The molecule has 0 fully saturated rings. The molecule has 0 spiro atoms. The monoisotopic (exact) mass is 545 g/mol. The second kappa shape index (κ2) is 9.44. The van der Waals surface area contributed by atoms with Crippen molar-refractivity contribution in [2.24, 2.45) is 0 Å². The van der Waals surface area contributed by atoms with Crippen LogP contribution in [-0.4, -0.2) is 4.57 Å². The maximum Gasteiger partial charge on any atom is 0.0619 e. The van der Waals surface area contributed by atoms with Crippen molar-refractivity contribution in [2.45, 2.75) is 0 Å². The number of para-hydroxylation sites is 2. The van der Waals surface area contributed by atoms with Crippen molar-refractivity contribution < 1.29 is 0 Å². The van der Waals surface area contributed by atoms with Gasteiger partial charge in [0.25, 0.3) is 0 Å². The molecule has 0 unspecified atom stereocenters. The third-order valence-electron chi connectivity index (χ3n) is 8.98. The molecule has 0 atom stereocenters. The van der Waals surface area contributed by atoms with Crippen LogP contribution in [-0.2, 0) is 0 Å². The Labute approximate surface area is 249 Å². The number of benzene rings is 8. The molecule has 0 amide bonds. The second-order valence-electron chi connectivity index (χ2n) is 11.3. The number of nitrogens with zero attached hydrogens (tertiary/aromatic N) is 1. The maximum absolute atomic E-state index is 2.48. The van der Waals surface area contributed by atoms with E-state index in [2.05, 4.69) is 168 Å². The Hall–Kier alpha value is -5.66. The average molecular weight is 546 g/mol. The summed E-state index contributed by atoms with van der Waals surface area (Å²) in [4.78, 5) is 0. The van der Waals surface area contributed by atoms with Gasteiger partial charge >= 0.3 is 0 Å². The zero-order valence-electron chi connectivity index (χ0n) is 23.5. The highest BCUT2D eigenvalue weighted by molar-refractivity contribution is 6.23. The Morgan fingerprint density at radius 1 is 0.279 bits per heavy atom. The summed E-state index contributed by atoms with van der Waals surface area (Å²) < 4.78 is 2.48. The zero-order chi connectivity index (χ0) is 28.3. The predicted molar refractivity (Wildman–Crippen MR) is 184 cm³/mol. The van der Waals surface area contributed by atoms with E-state index in [0.29, 0.717) is 0 Å². The van der Waals surface area contributed by atoms with Gasteiger partial charge in [-0.25, -0.2) is 0 Å². The van der Waals surface area contributed by atoms with E-state index in [1.165, 1.54) is 82.1 Å². The van der Waals surface area contributed by atoms with Crippen molar-refractivity contribution >= 4 is 54.1 Å². The third-order valence-corrected chi connectivity index (χ3v) is 8.98. The SMILES string of the molecule is c1ccc(-c2ccc(-c3c4ccccc4c(-n4c5ccccc5c5ccccc54)c4ccccc34)c3ccccc23)cc1. The van der Waals surface area contributed by atoms with E-state index in [0.717, 1.165) is 0 Å². The van der Waals surface area contributed by atoms with Crippen LogP contribution in [0.15, 0.2) is 164 Å². The Morgan fingerprint density at radius 3 is 1.23 bits per heavy atom. The van der Waals surface area contributed by atoms with E-state index in [1.807, 2.05) is 0 Å². The summed E-state index contributed by atoms with van der Waals surface area (Å²) in [5.74, 6) is 0. The molecule has 0 radical (unpaired) electrons. The van der Waals surface area contributed by atoms with E-state index < -0.39 is 0 Å². The molecule has 9 aromatic rings. The molecule has 0 aliphatic rings. The van der Waals surface area contributed by atoms with Crippen LogP contribution in [0, 0.1) is 0 Å². The molecule has 0 saturated heterocycles. The van der Waals surface area contributed by atoms with Crippen molar-refractivity contribution in [3.63, 3.8) is 0 Å². The van der Waals surface area contributed by atoms with Crippen molar-refractivity contribution in [3.05, 3.63) is 164 Å². The first-order valence-corrected chi connectivity index (χ1v) is 14.9. The van der Waals surface area contributed by atoms with Crippen molar-refractivity contribution in [2.75, 3.05) is 0 Å². The Morgan fingerprint density at radius 2 is 0.674 bits per heavy atom. The Bertz CT molecular complexity index is 2390. The van der Waals surface area contributed by atoms with Gasteiger partial charge in [0, 0.05) is 21.5 Å². The number of rotatable bonds is 3. The summed E-state index contributed by atoms with van der Waals surface area (Å²) in [6.07, 6.45) is 0. The molecule has 9 rings (SSSR count). The first kappa shape index (κ1) is 24.0. The van der Waals surface area contributed by atoms with Gasteiger partial charge in [-0.2, -0.15) is 0 Å². The normalized spacial score (nSPS) is 11.7. The van der Waals surface area contributed by atoms with E-state index >= 15 is 0 Å². The van der Waals surface area contributed by atoms with Gasteiger partial charge in [-0.05, 0) is 55.9 Å². The molecule has 0 aliphatic heterocycles. The molecule has 0 aliphatic carbocycles. The van der Waals surface area contributed by atoms with Crippen LogP contribution in [0.1, 0.15) is 0 Å².